The monoisotopic (exact) mass is 245 g/mol. The Hall–Kier alpha value is -1.81. The number of rotatable bonds is 4. The van der Waals surface area contributed by atoms with E-state index in [1.54, 1.807) is 6.07 Å². The molecule has 1 aliphatic rings. The van der Waals surface area contributed by atoms with E-state index >= 15 is 0 Å². The Kier molecular flexibility index (Phi) is 3.99. The summed E-state index contributed by atoms with van der Waals surface area (Å²) in [6.45, 7) is 4.76. The summed E-state index contributed by atoms with van der Waals surface area (Å²) in [5.74, 6) is -0.375. The van der Waals surface area contributed by atoms with Gasteiger partial charge in [-0.2, -0.15) is 0 Å². The van der Waals surface area contributed by atoms with Gasteiger partial charge >= 0.3 is 0 Å². The normalized spacial score (nSPS) is 15.1. The molecule has 96 valence electrons. The van der Waals surface area contributed by atoms with Crippen molar-refractivity contribution in [3.8, 4) is 0 Å². The maximum absolute atomic E-state index is 11.1. The molecule has 4 nitrogen and oxygen atoms in total. The molecule has 0 spiro atoms. The highest BCUT2D eigenvalue weighted by Crippen LogP contribution is 2.15. The highest BCUT2D eigenvalue weighted by molar-refractivity contribution is 5.94. The van der Waals surface area contributed by atoms with Crippen molar-refractivity contribution >= 4 is 11.6 Å². The lowest BCUT2D eigenvalue weighted by Crippen LogP contribution is -2.23. The van der Waals surface area contributed by atoms with Gasteiger partial charge in [0.25, 0.3) is 0 Å². The molecule has 0 saturated carbocycles. The van der Waals surface area contributed by atoms with E-state index in [0.29, 0.717) is 5.56 Å². The molecule has 0 saturated heterocycles. The topological polar surface area (TPSA) is 67.2 Å². The summed E-state index contributed by atoms with van der Waals surface area (Å²) >= 11 is 0. The molecule has 4 heteroatoms. The SMILES string of the molecule is Cc1cc(NCC2=CCNCC2)ccc1C(N)=O. The number of nitrogens with one attached hydrogen (secondary N) is 2. The van der Waals surface area contributed by atoms with Crippen LogP contribution < -0.4 is 16.4 Å². The summed E-state index contributed by atoms with van der Waals surface area (Å²) in [5, 5.41) is 6.66. The first-order chi connectivity index (χ1) is 8.66. The van der Waals surface area contributed by atoms with Gasteiger partial charge in [-0.3, -0.25) is 4.79 Å². The van der Waals surface area contributed by atoms with Crippen LogP contribution in [0.25, 0.3) is 0 Å². The zero-order valence-corrected chi connectivity index (χ0v) is 10.6. The van der Waals surface area contributed by atoms with Crippen LogP contribution in [-0.4, -0.2) is 25.5 Å². The number of nitrogens with two attached hydrogens (primary N) is 1. The fourth-order valence-corrected chi connectivity index (χ4v) is 2.10. The zero-order valence-electron chi connectivity index (χ0n) is 10.6. The van der Waals surface area contributed by atoms with Crippen LogP contribution >= 0.6 is 0 Å². The third-order valence-electron chi connectivity index (χ3n) is 3.17. The van der Waals surface area contributed by atoms with E-state index < -0.39 is 0 Å². The van der Waals surface area contributed by atoms with E-state index in [4.69, 9.17) is 5.73 Å². The molecule has 0 aliphatic carbocycles. The van der Waals surface area contributed by atoms with Crippen molar-refractivity contribution in [2.75, 3.05) is 25.0 Å². The maximum Gasteiger partial charge on any atom is 0.248 e. The van der Waals surface area contributed by atoms with E-state index in [2.05, 4.69) is 16.7 Å². The molecular formula is C14H19N3O. The number of benzene rings is 1. The Morgan fingerprint density at radius 1 is 1.50 bits per heavy atom. The number of carbonyl (C=O) groups is 1. The summed E-state index contributed by atoms with van der Waals surface area (Å²) < 4.78 is 0. The van der Waals surface area contributed by atoms with Gasteiger partial charge in [0.15, 0.2) is 0 Å². The van der Waals surface area contributed by atoms with Gasteiger partial charge in [-0.1, -0.05) is 11.6 Å². The van der Waals surface area contributed by atoms with E-state index in [0.717, 1.165) is 37.3 Å². The first kappa shape index (κ1) is 12.6. The highest BCUT2D eigenvalue weighted by Gasteiger charge is 2.06. The van der Waals surface area contributed by atoms with Crippen LogP contribution in [-0.2, 0) is 0 Å². The number of hydrogen-bond donors (Lipinski definition) is 3. The maximum atomic E-state index is 11.1. The largest absolute Gasteiger partial charge is 0.381 e. The van der Waals surface area contributed by atoms with Crippen LogP contribution in [0.3, 0.4) is 0 Å². The molecule has 1 aromatic rings. The standard InChI is InChI=1S/C14H19N3O/c1-10-8-12(2-3-13(10)14(15)18)17-9-11-4-6-16-7-5-11/h2-4,8,16-17H,5-7,9H2,1H3,(H2,15,18). The molecule has 18 heavy (non-hydrogen) atoms. The Morgan fingerprint density at radius 3 is 2.94 bits per heavy atom. The molecule has 0 radical (unpaired) electrons. The Bertz CT molecular complexity index is 480. The Morgan fingerprint density at radius 2 is 2.33 bits per heavy atom. The summed E-state index contributed by atoms with van der Waals surface area (Å²) in [7, 11) is 0. The van der Waals surface area contributed by atoms with Crippen molar-refractivity contribution in [1.82, 2.24) is 5.32 Å². The molecule has 1 heterocycles. The summed E-state index contributed by atoms with van der Waals surface area (Å²) in [6, 6.07) is 5.63. The fraction of sp³-hybridized carbons (Fsp3) is 0.357. The van der Waals surface area contributed by atoms with Gasteiger partial charge in [0, 0.05) is 24.3 Å². The summed E-state index contributed by atoms with van der Waals surface area (Å²) in [4.78, 5) is 11.1. The molecular weight excluding hydrogens is 226 g/mol. The first-order valence-electron chi connectivity index (χ1n) is 6.20. The Labute approximate surface area is 107 Å². The summed E-state index contributed by atoms with van der Waals surface area (Å²) in [5.41, 5.74) is 9.22. The fourth-order valence-electron chi connectivity index (χ4n) is 2.10. The number of aryl methyl sites for hydroxylation is 1. The van der Waals surface area contributed by atoms with Gasteiger partial charge in [0.05, 0.1) is 0 Å². The van der Waals surface area contributed by atoms with Crippen LogP contribution in [0.1, 0.15) is 22.3 Å². The molecule has 0 aromatic heterocycles. The van der Waals surface area contributed by atoms with E-state index in [1.807, 2.05) is 19.1 Å². The zero-order chi connectivity index (χ0) is 13.0. The molecule has 1 aliphatic heterocycles. The smallest absolute Gasteiger partial charge is 0.248 e. The number of amides is 1. The lowest BCUT2D eigenvalue weighted by atomic mass is 10.1. The molecule has 0 atom stereocenters. The van der Waals surface area contributed by atoms with Crippen LogP contribution in [0.2, 0.25) is 0 Å². The van der Waals surface area contributed by atoms with Crippen molar-refractivity contribution in [2.45, 2.75) is 13.3 Å². The molecule has 1 amide bonds. The average molecular weight is 245 g/mol. The van der Waals surface area contributed by atoms with E-state index in [-0.39, 0.29) is 5.91 Å². The second kappa shape index (κ2) is 5.69. The number of hydrogen-bond acceptors (Lipinski definition) is 3. The van der Waals surface area contributed by atoms with Gasteiger partial charge in [0.1, 0.15) is 0 Å². The average Bonchev–Trinajstić information content (AvgIpc) is 2.37. The van der Waals surface area contributed by atoms with Gasteiger partial charge < -0.3 is 16.4 Å². The van der Waals surface area contributed by atoms with E-state index in [9.17, 15) is 4.79 Å². The van der Waals surface area contributed by atoms with Crippen molar-refractivity contribution in [3.63, 3.8) is 0 Å². The van der Waals surface area contributed by atoms with Crippen LogP contribution in [0.5, 0.6) is 0 Å². The number of anilines is 1. The van der Waals surface area contributed by atoms with Gasteiger partial charge in [-0.25, -0.2) is 0 Å². The molecule has 0 fully saturated rings. The quantitative estimate of drug-likeness (QED) is 0.703. The van der Waals surface area contributed by atoms with E-state index in [1.165, 1.54) is 5.57 Å². The van der Waals surface area contributed by atoms with Crippen LogP contribution in [0, 0.1) is 6.92 Å². The Balaban J connectivity index is 1.99. The molecule has 1 aromatic carbocycles. The molecule has 2 rings (SSSR count). The van der Waals surface area contributed by atoms with Crippen molar-refractivity contribution in [2.24, 2.45) is 5.73 Å². The second-order valence-corrected chi connectivity index (χ2v) is 4.56. The lowest BCUT2D eigenvalue weighted by molar-refractivity contribution is 0.1000. The highest BCUT2D eigenvalue weighted by atomic mass is 16.1. The second-order valence-electron chi connectivity index (χ2n) is 4.56. The third kappa shape index (κ3) is 3.11. The van der Waals surface area contributed by atoms with Crippen LogP contribution in [0.15, 0.2) is 29.8 Å². The minimum absolute atomic E-state index is 0.375. The van der Waals surface area contributed by atoms with Gasteiger partial charge in [-0.15, -0.1) is 0 Å². The predicted molar refractivity (Wildman–Crippen MR) is 73.8 cm³/mol. The van der Waals surface area contributed by atoms with Crippen molar-refractivity contribution in [1.29, 1.82) is 0 Å². The van der Waals surface area contributed by atoms with Crippen molar-refractivity contribution in [3.05, 3.63) is 41.0 Å². The van der Waals surface area contributed by atoms with Crippen LogP contribution in [0.4, 0.5) is 5.69 Å². The number of carbonyl (C=O) groups excluding carboxylic acids is 1. The van der Waals surface area contributed by atoms with Gasteiger partial charge in [-0.05, 0) is 43.7 Å². The lowest BCUT2D eigenvalue weighted by Gasteiger charge is -2.15. The first-order valence-corrected chi connectivity index (χ1v) is 6.20. The molecule has 4 N–H and O–H groups in total. The van der Waals surface area contributed by atoms with Crippen molar-refractivity contribution < 1.29 is 4.79 Å². The minimum Gasteiger partial charge on any atom is -0.381 e. The minimum atomic E-state index is -0.375. The molecule has 0 bridgehead atoms. The number of primary amides is 1. The summed E-state index contributed by atoms with van der Waals surface area (Å²) in [6.07, 6.45) is 3.31. The molecule has 0 unspecified atom stereocenters. The predicted octanol–water partition coefficient (Wildman–Crippen LogP) is 1.43. The van der Waals surface area contributed by atoms with Gasteiger partial charge in [0.2, 0.25) is 5.91 Å². The third-order valence-corrected chi connectivity index (χ3v) is 3.17.